The molecule has 1 N–H and O–H groups in total. The van der Waals surface area contributed by atoms with Crippen LogP contribution in [0.25, 0.3) is 0 Å². The van der Waals surface area contributed by atoms with Crippen LogP contribution in [0.5, 0.6) is 0 Å². The fraction of sp³-hybridized carbons (Fsp3) is 0.882. The van der Waals surface area contributed by atoms with Crippen molar-refractivity contribution in [3.8, 4) is 0 Å². The van der Waals surface area contributed by atoms with Gasteiger partial charge in [0.25, 0.3) is 0 Å². The van der Waals surface area contributed by atoms with E-state index in [0.29, 0.717) is 5.41 Å². The van der Waals surface area contributed by atoms with Crippen molar-refractivity contribution < 1.29 is 0 Å². The van der Waals surface area contributed by atoms with Gasteiger partial charge in [-0.05, 0) is 63.6 Å². The maximum absolute atomic E-state index is 4.22. The molecule has 0 aliphatic carbocycles. The molecule has 0 saturated carbocycles. The van der Waals surface area contributed by atoms with Crippen molar-refractivity contribution >= 4 is 0 Å². The second kappa shape index (κ2) is 6.41. The first kappa shape index (κ1) is 16.7. The van der Waals surface area contributed by atoms with Gasteiger partial charge in [0.1, 0.15) is 0 Å². The standard InChI is InChI=1S/C17H34N2/c1-14(12-18-17(5,6)7)13-19-10-8-15(9-11-19)16(2,3)4/h15,18H,1,8-13H2,2-7H3. The van der Waals surface area contributed by atoms with Crippen LogP contribution in [0.4, 0.5) is 0 Å². The maximum atomic E-state index is 4.22. The average molecular weight is 266 g/mol. The molecule has 0 unspecified atom stereocenters. The molecule has 0 bridgehead atoms. The molecule has 1 aliphatic rings. The summed E-state index contributed by atoms with van der Waals surface area (Å²) < 4.78 is 0. The van der Waals surface area contributed by atoms with Gasteiger partial charge in [-0.25, -0.2) is 0 Å². The highest BCUT2D eigenvalue weighted by atomic mass is 15.1. The molecule has 1 aliphatic heterocycles. The summed E-state index contributed by atoms with van der Waals surface area (Å²) in [5.41, 5.74) is 1.96. The SMILES string of the molecule is C=C(CNC(C)(C)C)CN1CCC(C(C)(C)C)CC1. The Labute approximate surface area is 120 Å². The Morgan fingerprint density at radius 3 is 2.05 bits per heavy atom. The van der Waals surface area contributed by atoms with Crippen molar-refractivity contribution in [1.29, 1.82) is 0 Å². The third-order valence-electron chi connectivity index (χ3n) is 4.13. The molecule has 0 amide bonds. The summed E-state index contributed by atoms with van der Waals surface area (Å²) in [6, 6.07) is 0. The highest BCUT2D eigenvalue weighted by Crippen LogP contribution is 2.34. The predicted molar refractivity (Wildman–Crippen MR) is 85.5 cm³/mol. The van der Waals surface area contributed by atoms with Gasteiger partial charge in [0.05, 0.1) is 0 Å². The molecule has 1 rings (SSSR count). The van der Waals surface area contributed by atoms with Crippen molar-refractivity contribution in [3.63, 3.8) is 0 Å². The summed E-state index contributed by atoms with van der Waals surface area (Å²) in [7, 11) is 0. The van der Waals surface area contributed by atoms with Crippen molar-refractivity contribution in [1.82, 2.24) is 10.2 Å². The number of likely N-dealkylation sites (tertiary alicyclic amines) is 1. The van der Waals surface area contributed by atoms with E-state index in [1.807, 2.05) is 0 Å². The summed E-state index contributed by atoms with van der Waals surface area (Å²) in [5.74, 6) is 0.879. The molecule has 19 heavy (non-hydrogen) atoms. The maximum Gasteiger partial charge on any atom is 0.0202 e. The minimum Gasteiger partial charge on any atom is -0.308 e. The zero-order valence-corrected chi connectivity index (χ0v) is 14.0. The quantitative estimate of drug-likeness (QED) is 0.781. The normalized spacial score (nSPS) is 19.7. The Bertz CT molecular complexity index is 285. The van der Waals surface area contributed by atoms with E-state index in [1.54, 1.807) is 0 Å². The number of rotatable bonds is 4. The lowest BCUT2D eigenvalue weighted by Gasteiger charge is -2.39. The molecule has 0 spiro atoms. The summed E-state index contributed by atoms with van der Waals surface area (Å²) in [4.78, 5) is 2.56. The van der Waals surface area contributed by atoms with Gasteiger partial charge in [-0.1, -0.05) is 27.4 Å². The third-order valence-corrected chi connectivity index (χ3v) is 4.13. The van der Waals surface area contributed by atoms with Crippen LogP contribution in [0.2, 0.25) is 0 Å². The largest absolute Gasteiger partial charge is 0.308 e. The minimum atomic E-state index is 0.183. The Kier molecular flexibility index (Phi) is 5.64. The van der Waals surface area contributed by atoms with Gasteiger partial charge in [-0.3, -0.25) is 4.90 Å². The lowest BCUT2D eigenvalue weighted by Crippen LogP contribution is -2.41. The number of hydrogen-bond acceptors (Lipinski definition) is 2. The number of nitrogens with zero attached hydrogens (tertiary/aromatic N) is 1. The summed E-state index contributed by atoms with van der Waals surface area (Å²) >= 11 is 0. The Balaban J connectivity index is 2.28. The van der Waals surface area contributed by atoms with E-state index in [9.17, 15) is 0 Å². The van der Waals surface area contributed by atoms with Gasteiger partial charge in [0.2, 0.25) is 0 Å². The molecule has 112 valence electrons. The summed E-state index contributed by atoms with van der Waals surface area (Å²) in [5, 5.41) is 3.52. The van der Waals surface area contributed by atoms with Crippen LogP contribution in [0.1, 0.15) is 54.4 Å². The number of nitrogens with one attached hydrogen (secondary N) is 1. The Morgan fingerprint density at radius 1 is 1.11 bits per heavy atom. The van der Waals surface area contributed by atoms with Gasteiger partial charge < -0.3 is 5.32 Å². The van der Waals surface area contributed by atoms with Crippen LogP contribution in [0, 0.1) is 11.3 Å². The lowest BCUT2D eigenvalue weighted by molar-refractivity contribution is 0.118. The second-order valence-electron chi connectivity index (χ2n) is 8.27. The van der Waals surface area contributed by atoms with Crippen LogP contribution in [-0.4, -0.2) is 36.6 Å². The average Bonchev–Trinajstić information content (AvgIpc) is 2.25. The predicted octanol–water partition coefficient (Wildman–Crippen LogP) is 3.69. The molecule has 0 aromatic rings. The van der Waals surface area contributed by atoms with Crippen LogP contribution < -0.4 is 5.32 Å². The van der Waals surface area contributed by atoms with E-state index in [-0.39, 0.29) is 5.54 Å². The molecule has 1 heterocycles. The molecular weight excluding hydrogens is 232 g/mol. The van der Waals surface area contributed by atoms with E-state index in [1.165, 1.54) is 31.5 Å². The van der Waals surface area contributed by atoms with Gasteiger partial charge in [-0.15, -0.1) is 0 Å². The molecule has 2 heteroatoms. The van der Waals surface area contributed by atoms with Crippen molar-refractivity contribution in [2.24, 2.45) is 11.3 Å². The zero-order chi connectivity index (χ0) is 14.7. The smallest absolute Gasteiger partial charge is 0.0202 e. The van der Waals surface area contributed by atoms with Crippen LogP contribution in [0.3, 0.4) is 0 Å². The molecule has 0 aromatic heterocycles. The molecule has 0 atom stereocenters. The topological polar surface area (TPSA) is 15.3 Å². The van der Waals surface area contributed by atoms with Crippen LogP contribution in [0.15, 0.2) is 12.2 Å². The molecule has 1 fully saturated rings. The molecular formula is C17H34N2. The Hall–Kier alpha value is -0.340. The molecule has 2 nitrogen and oxygen atoms in total. The highest BCUT2D eigenvalue weighted by molar-refractivity contribution is 5.01. The molecule has 1 saturated heterocycles. The summed E-state index contributed by atoms with van der Waals surface area (Å²) in [6.07, 6.45) is 2.67. The van der Waals surface area contributed by atoms with Gasteiger partial charge in [0, 0.05) is 18.6 Å². The van der Waals surface area contributed by atoms with Crippen molar-refractivity contribution in [3.05, 3.63) is 12.2 Å². The third kappa shape index (κ3) is 6.58. The van der Waals surface area contributed by atoms with Crippen molar-refractivity contribution in [2.75, 3.05) is 26.2 Å². The number of hydrogen-bond donors (Lipinski definition) is 1. The zero-order valence-electron chi connectivity index (χ0n) is 14.0. The fourth-order valence-electron chi connectivity index (χ4n) is 2.72. The van der Waals surface area contributed by atoms with E-state index >= 15 is 0 Å². The van der Waals surface area contributed by atoms with E-state index < -0.39 is 0 Å². The molecule has 0 aromatic carbocycles. The Morgan fingerprint density at radius 2 is 1.63 bits per heavy atom. The molecule has 0 radical (unpaired) electrons. The summed E-state index contributed by atoms with van der Waals surface area (Å²) in [6.45, 7) is 22.4. The first-order chi connectivity index (χ1) is 8.58. The number of piperidine rings is 1. The highest BCUT2D eigenvalue weighted by Gasteiger charge is 2.28. The van der Waals surface area contributed by atoms with E-state index in [2.05, 4.69) is 58.3 Å². The van der Waals surface area contributed by atoms with E-state index in [4.69, 9.17) is 0 Å². The van der Waals surface area contributed by atoms with E-state index in [0.717, 1.165) is 19.0 Å². The van der Waals surface area contributed by atoms with Crippen LogP contribution >= 0.6 is 0 Å². The van der Waals surface area contributed by atoms with Crippen LogP contribution in [-0.2, 0) is 0 Å². The minimum absolute atomic E-state index is 0.183. The second-order valence-corrected chi connectivity index (χ2v) is 8.27. The monoisotopic (exact) mass is 266 g/mol. The lowest BCUT2D eigenvalue weighted by atomic mass is 9.75. The fourth-order valence-corrected chi connectivity index (χ4v) is 2.72. The first-order valence-electron chi connectivity index (χ1n) is 7.72. The van der Waals surface area contributed by atoms with Gasteiger partial charge >= 0.3 is 0 Å². The first-order valence-corrected chi connectivity index (χ1v) is 7.72. The van der Waals surface area contributed by atoms with Gasteiger partial charge in [-0.2, -0.15) is 0 Å². The van der Waals surface area contributed by atoms with Gasteiger partial charge in [0.15, 0.2) is 0 Å². The van der Waals surface area contributed by atoms with Crippen molar-refractivity contribution in [2.45, 2.75) is 59.9 Å².